The maximum atomic E-state index is 12.2. The minimum Gasteiger partial charge on any atom is -0.346 e. The molecule has 3 aliphatic heterocycles. The molecule has 1 aromatic carbocycles. The van der Waals surface area contributed by atoms with Gasteiger partial charge in [0.1, 0.15) is 0 Å². The van der Waals surface area contributed by atoms with Crippen LogP contribution in [0.3, 0.4) is 0 Å². The molecule has 0 aliphatic carbocycles. The maximum Gasteiger partial charge on any atom is 0.184 e. The van der Waals surface area contributed by atoms with Gasteiger partial charge in [0, 0.05) is 5.56 Å². The van der Waals surface area contributed by atoms with E-state index in [1.807, 2.05) is 30.3 Å². The highest BCUT2D eigenvalue weighted by molar-refractivity contribution is 7.93. The van der Waals surface area contributed by atoms with Gasteiger partial charge in [-0.1, -0.05) is 30.3 Å². The number of allylic oxidation sites excluding steroid dienone is 1. The molecule has 2 saturated heterocycles. The summed E-state index contributed by atoms with van der Waals surface area (Å²) in [6, 6.07) is 8.01. The highest BCUT2D eigenvalue weighted by Crippen LogP contribution is 2.42. The van der Waals surface area contributed by atoms with Crippen LogP contribution < -0.4 is 0 Å². The lowest BCUT2D eigenvalue weighted by Crippen LogP contribution is -2.26. The Morgan fingerprint density at radius 1 is 1.05 bits per heavy atom. The first-order chi connectivity index (χ1) is 10.2. The first-order valence-electron chi connectivity index (χ1n) is 7.42. The SMILES string of the molecule is O=S1(=O)C2C=C(c3ccccc3C3OCCO3)CC1CC2. The Labute approximate surface area is 124 Å². The lowest BCUT2D eigenvalue weighted by atomic mass is 9.95. The predicted octanol–water partition coefficient (Wildman–Crippen LogP) is 2.46. The van der Waals surface area contributed by atoms with Gasteiger partial charge in [-0.05, 0) is 30.4 Å². The highest BCUT2D eigenvalue weighted by Gasteiger charge is 2.43. The Kier molecular flexibility index (Phi) is 3.17. The molecule has 2 fully saturated rings. The largest absolute Gasteiger partial charge is 0.346 e. The lowest BCUT2D eigenvalue weighted by Gasteiger charge is -2.23. The number of rotatable bonds is 2. The third-order valence-corrected chi connectivity index (χ3v) is 7.22. The minimum atomic E-state index is -2.94. The van der Waals surface area contributed by atoms with E-state index >= 15 is 0 Å². The van der Waals surface area contributed by atoms with Crippen molar-refractivity contribution in [3.05, 3.63) is 41.5 Å². The average molecular weight is 306 g/mol. The molecule has 2 atom stereocenters. The van der Waals surface area contributed by atoms with E-state index in [0.717, 1.165) is 29.5 Å². The van der Waals surface area contributed by atoms with E-state index in [2.05, 4.69) is 0 Å². The smallest absolute Gasteiger partial charge is 0.184 e. The second-order valence-electron chi connectivity index (χ2n) is 5.88. The van der Waals surface area contributed by atoms with Crippen LogP contribution in [0.25, 0.3) is 5.57 Å². The molecular weight excluding hydrogens is 288 g/mol. The van der Waals surface area contributed by atoms with Gasteiger partial charge in [0.15, 0.2) is 16.1 Å². The summed E-state index contributed by atoms with van der Waals surface area (Å²) in [5.41, 5.74) is 3.23. The van der Waals surface area contributed by atoms with Gasteiger partial charge in [-0.25, -0.2) is 8.42 Å². The normalized spacial score (nSPS) is 31.3. The lowest BCUT2D eigenvalue weighted by molar-refractivity contribution is -0.0443. The second-order valence-corrected chi connectivity index (χ2v) is 8.33. The number of hydrogen-bond donors (Lipinski definition) is 0. The topological polar surface area (TPSA) is 52.6 Å². The summed E-state index contributed by atoms with van der Waals surface area (Å²) in [7, 11) is -2.94. The van der Waals surface area contributed by atoms with Gasteiger partial charge < -0.3 is 9.47 Å². The molecule has 0 spiro atoms. The fourth-order valence-corrected chi connectivity index (χ4v) is 5.78. The Morgan fingerprint density at radius 2 is 1.81 bits per heavy atom. The van der Waals surface area contributed by atoms with Gasteiger partial charge in [0.25, 0.3) is 0 Å². The fraction of sp³-hybridized carbons (Fsp3) is 0.500. The molecular formula is C16H18O4S. The summed E-state index contributed by atoms with van der Waals surface area (Å²) in [5, 5.41) is -0.509. The molecule has 0 N–H and O–H groups in total. The molecule has 0 aromatic heterocycles. The van der Waals surface area contributed by atoms with Crippen LogP contribution in [0.4, 0.5) is 0 Å². The van der Waals surface area contributed by atoms with E-state index in [1.54, 1.807) is 0 Å². The number of sulfone groups is 1. The average Bonchev–Trinajstić information content (AvgIpc) is 3.02. The van der Waals surface area contributed by atoms with E-state index in [4.69, 9.17) is 9.47 Å². The Morgan fingerprint density at radius 3 is 2.57 bits per heavy atom. The zero-order valence-electron chi connectivity index (χ0n) is 11.7. The van der Waals surface area contributed by atoms with Crippen LogP contribution in [0, 0.1) is 0 Å². The van der Waals surface area contributed by atoms with E-state index in [1.165, 1.54) is 0 Å². The third-order valence-electron chi connectivity index (χ3n) is 4.68. The summed E-state index contributed by atoms with van der Waals surface area (Å²) < 4.78 is 35.6. The van der Waals surface area contributed by atoms with Crippen LogP contribution in [0.1, 0.15) is 36.7 Å². The van der Waals surface area contributed by atoms with Crippen LogP contribution >= 0.6 is 0 Å². The molecule has 2 unspecified atom stereocenters. The van der Waals surface area contributed by atoms with Gasteiger partial charge in [-0.15, -0.1) is 0 Å². The molecule has 3 heterocycles. The van der Waals surface area contributed by atoms with E-state index < -0.39 is 9.84 Å². The second kappa shape index (κ2) is 4.93. The van der Waals surface area contributed by atoms with Crippen molar-refractivity contribution < 1.29 is 17.9 Å². The van der Waals surface area contributed by atoms with Crippen molar-refractivity contribution in [3.8, 4) is 0 Å². The third kappa shape index (κ3) is 2.15. The van der Waals surface area contributed by atoms with E-state index in [-0.39, 0.29) is 16.8 Å². The van der Waals surface area contributed by atoms with Crippen LogP contribution in [-0.2, 0) is 19.3 Å². The Balaban J connectivity index is 1.75. The van der Waals surface area contributed by atoms with Crippen LogP contribution in [-0.4, -0.2) is 32.1 Å². The maximum absolute atomic E-state index is 12.2. The molecule has 21 heavy (non-hydrogen) atoms. The van der Waals surface area contributed by atoms with Crippen molar-refractivity contribution in [3.63, 3.8) is 0 Å². The molecule has 2 bridgehead atoms. The molecule has 4 nitrogen and oxygen atoms in total. The highest BCUT2D eigenvalue weighted by atomic mass is 32.2. The number of hydrogen-bond acceptors (Lipinski definition) is 4. The zero-order valence-corrected chi connectivity index (χ0v) is 12.5. The van der Waals surface area contributed by atoms with Gasteiger partial charge in [0.05, 0.1) is 23.7 Å². The van der Waals surface area contributed by atoms with Crippen LogP contribution in [0.5, 0.6) is 0 Å². The summed E-state index contributed by atoms with van der Waals surface area (Å²) >= 11 is 0. The van der Waals surface area contributed by atoms with Crippen molar-refractivity contribution >= 4 is 15.4 Å². The van der Waals surface area contributed by atoms with Crippen molar-refractivity contribution in [1.82, 2.24) is 0 Å². The Hall–Kier alpha value is -1.17. The molecule has 3 aliphatic rings. The molecule has 0 saturated carbocycles. The quantitative estimate of drug-likeness (QED) is 0.842. The number of fused-ring (bicyclic) bond motifs is 2. The van der Waals surface area contributed by atoms with Crippen molar-refractivity contribution in [2.45, 2.75) is 36.1 Å². The Bertz CT molecular complexity index is 686. The van der Waals surface area contributed by atoms with Gasteiger partial charge in [0.2, 0.25) is 0 Å². The van der Waals surface area contributed by atoms with Crippen LogP contribution in [0.2, 0.25) is 0 Å². The standard InChI is InChI=1S/C16H18O4S/c17-21(18)12-5-6-13(21)10-11(9-12)14-3-1-2-4-15(14)16-19-7-8-20-16/h1-4,9,12-13,16H,5-8,10H2. The molecule has 4 rings (SSSR count). The number of benzene rings is 1. The summed E-state index contributed by atoms with van der Waals surface area (Å²) in [6.45, 7) is 1.22. The molecule has 112 valence electrons. The monoisotopic (exact) mass is 306 g/mol. The fourth-order valence-electron chi connectivity index (χ4n) is 3.59. The van der Waals surface area contributed by atoms with Gasteiger partial charge >= 0.3 is 0 Å². The summed E-state index contributed by atoms with van der Waals surface area (Å²) in [6.07, 6.45) is 3.79. The first-order valence-corrected chi connectivity index (χ1v) is 9.03. The van der Waals surface area contributed by atoms with Gasteiger partial charge in [-0.3, -0.25) is 0 Å². The first kappa shape index (κ1) is 13.5. The summed E-state index contributed by atoms with van der Waals surface area (Å²) in [4.78, 5) is 0. The molecule has 5 heteroatoms. The molecule has 0 amide bonds. The predicted molar refractivity (Wildman–Crippen MR) is 79.4 cm³/mol. The van der Waals surface area contributed by atoms with Crippen LogP contribution in [0.15, 0.2) is 30.3 Å². The van der Waals surface area contributed by atoms with Crippen molar-refractivity contribution in [1.29, 1.82) is 0 Å². The molecule has 0 radical (unpaired) electrons. The molecule has 1 aromatic rings. The number of ether oxygens (including phenoxy) is 2. The van der Waals surface area contributed by atoms with Crippen molar-refractivity contribution in [2.24, 2.45) is 0 Å². The zero-order chi connectivity index (χ0) is 14.4. The van der Waals surface area contributed by atoms with Crippen molar-refractivity contribution in [2.75, 3.05) is 13.2 Å². The van der Waals surface area contributed by atoms with E-state index in [0.29, 0.717) is 19.6 Å². The summed E-state index contributed by atoms with van der Waals surface area (Å²) in [5.74, 6) is 0. The van der Waals surface area contributed by atoms with E-state index in [9.17, 15) is 8.42 Å². The van der Waals surface area contributed by atoms with Gasteiger partial charge in [-0.2, -0.15) is 0 Å². The minimum absolute atomic E-state index is 0.207.